The lowest BCUT2D eigenvalue weighted by molar-refractivity contribution is -0.122. The van der Waals surface area contributed by atoms with Crippen molar-refractivity contribution in [1.82, 2.24) is 0 Å². The van der Waals surface area contributed by atoms with Crippen LogP contribution in [-0.4, -0.2) is 18.4 Å². The molecule has 4 atom stereocenters. The summed E-state index contributed by atoms with van der Waals surface area (Å²) in [6.07, 6.45) is 5.07. The predicted octanol–water partition coefficient (Wildman–Crippen LogP) is 5.72. The molecule has 0 spiro atoms. The van der Waals surface area contributed by atoms with Gasteiger partial charge in [0.25, 0.3) is 0 Å². The second kappa shape index (κ2) is 9.07. The lowest BCUT2D eigenvalue weighted by atomic mass is 9.68. The quantitative estimate of drug-likeness (QED) is 0.366. The lowest BCUT2D eigenvalue weighted by Gasteiger charge is -2.32. The maximum atomic E-state index is 14.0. The molecule has 0 unspecified atom stereocenters. The van der Waals surface area contributed by atoms with Crippen LogP contribution < -0.4 is 9.64 Å². The van der Waals surface area contributed by atoms with Crippen molar-refractivity contribution in [2.45, 2.75) is 25.2 Å². The van der Waals surface area contributed by atoms with Crippen molar-refractivity contribution < 1.29 is 14.3 Å². The molecule has 0 radical (unpaired) electrons. The molecule has 0 bridgehead atoms. The Balaban J connectivity index is 1.61. The van der Waals surface area contributed by atoms with E-state index in [1.165, 1.54) is 4.90 Å². The van der Waals surface area contributed by atoms with E-state index in [0.29, 0.717) is 18.0 Å². The monoisotopic (exact) mass is 437 g/mol. The van der Waals surface area contributed by atoms with Crippen LogP contribution in [0.15, 0.2) is 97.1 Å². The lowest BCUT2D eigenvalue weighted by Crippen LogP contribution is -2.32. The molecule has 0 N–H and O–H groups in total. The van der Waals surface area contributed by atoms with E-state index in [4.69, 9.17) is 4.74 Å². The molecule has 4 nitrogen and oxygen atoms in total. The Bertz CT molecular complexity index is 1100. The number of hydrogen-bond acceptors (Lipinski definition) is 3. The second-order valence-electron chi connectivity index (χ2n) is 8.64. The third-order valence-electron chi connectivity index (χ3n) is 6.63. The van der Waals surface area contributed by atoms with E-state index in [-0.39, 0.29) is 23.7 Å². The van der Waals surface area contributed by atoms with Crippen molar-refractivity contribution in [2.75, 3.05) is 11.5 Å². The van der Waals surface area contributed by atoms with E-state index < -0.39 is 11.8 Å². The average Bonchev–Trinajstić information content (AvgIpc) is 3.14. The van der Waals surface area contributed by atoms with Gasteiger partial charge in [-0.05, 0) is 29.7 Å². The summed E-state index contributed by atoms with van der Waals surface area (Å²) in [5, 5.41) is 0. The fourth-order valence-corrected chi connectivity index (χ4v) is 5.15. The van der Waals surface area contributed by atoms with Crippen LogP contribution in [0.1, 0.15) is 36.3 Å². The number of fused-ring (bicyclic) bond motifs is 1. The smallest absolute Gasteiger partial charge is 0.238 e. The van der Waals surface area contributed by atoms with Gasteiger partial charge in [-0.25, -0.2) is 4.90 Å². The fourth-order valence-electron chi connectivity index (χ4n) is 5.15. The molecule has 2 aliphatic rings. The molecule has 4 heteroatoms. The maximum absolute atomic E-state index is 14.0. The molecule has 166 valence electrons. The summed E-state index contributed by atoms with van der Waals surface area (Å²) < 4.78 is 5.91. The molecule has 1 aliphatic carbocycles. The van der Waals surface area contributed by atoms with Crippen molar-refractivity contribution in [3.05, 3.63) is 108 Å². The first-order chi connectivity index (χ1) is 16.2. The van der Waals surface area contributed by atoms with Crippen molar-refractivity contribution in [3.8, 4) is 5.75 Å². The first-order valence-electron chi connectivity index (χ1n) is 11.6. The molecule has 33 heavy (non-hydrogen) atoms. The highest BCUT2D eigenvalue weighted by Gasteiger charge is 2.55. The van der Waals surface area contributed by atoms with Crippen LogP contribution in [0.4, 0.5) is 5.69 Å². The van der Waals surface area contributed by atoms with Gasteiger partial charge in [0.15, 0.2) is 0 Å². The van der Waals surface area contributed by atoms with Crippen LogP contribution in [0.25, 0.3) is 0 Å². The number of nitrogens with zero attached hydrogens (tertiary/aromatic N) is 1. The number of rotatable bonds is 6. The highest BCUT2D eigenvalue weighted by Crippen LogP contribution is 2.51. The Hall–Kier alpha value is -3.66. The number of anilines is 1. The van der Waals surface area contributed by atoms with Gasteiger partial charge in [0, 0.05) is 11.8 Å². The molecule has 5 rings (SSSR count). The molecular weight excluding hydrogens is 410 g/mol. The first-order valence-corrected chi connectivity index (χ1v) is 11.6. The molecule has 0 saturated carbocycles. The molecule has 0 aromatic heterocycles. The van der Waals surface area contributed by atoms with Crippen LogP contribution in [0.2, 0.25) is 0 Å². The molecule has 2 amide bonds. The van der Waals surface area contributed by atoms with E-state index in [1.807, 2.05) is 85.8 Å². The summed E-state index contributed by atoms with van der Waals surface area (Å²) in [5.74, 6) is -0.972. The number of allylic oxidation sites excluding steroid dienone is 2. The number of amides is 2. The topological polar surface area (TPSA) is 46.6 Å². The van der Waals surface area contributed by atoms with Gasteiger partial charge >= 0.3 is 0 Å². The molecule has 1 fully saturated rings. The van der Waals surface area contributed by atoms with E-state index in [0.717, 1.165) is 17.5 Å². The standard InChI is InChI=1S/C29H27NO3/c1-2-19-33-25-16-10-9-15-24(25)30-28(31)26-22(20-11-5-3-6-12-20)17-18-23(27(26)29(30)32)21-13-7-4-8-14-21/h3-18,22-23,26-27H,2,19H2,1H3/t22-,23-,26+,27+/m0/s1. The molecule has 1 saturated heterocycles. The number of imide groups is 1. The number of hydrogen-bond donors (Lipinski definition) is 0. The second-order valence-corrected chi connectivity index (χ2v) is 8.64. The summed E-state index contributed by atoms with van der Waals surface area (Å²) in [5.41, 5.74) is 2.64. The Kier molecular flexibility index (Phi) is 5.82. The number of ether oxygens (including phenoxy) is 1. The van der Waals surface area contributed by atoms with Gasteiger partial charge < -0.3 is 4.74 Å². The predicted molar refractivity (Wildman–Crippen MR) is 129 cm³/mol. The summed E-state index contributed by atoms with van der Waals surface area (Å²) in [6.45, 7) is 2.56. The summed E-state index contributed by atoms with van der Waals surface area (Å²) in [4.78, 5) is 29.3. The number of para-hydroxylation sites is 2. The van der Waals surface area contributed by atoms with Crippen LogP contribution >= 0.6 is 0 Å². The van der Waals surface area contributed by atoms with Gasteiger partial charge in [-0.1, -0.05) is 91.9 Å². The van der Waals surface area contributed by atoms with E-state index in [1.54, 1.807) is 6.07 Å². The van der Waals surface area contributed by atoms with Gasteiger partial charge in [0.2, 0.25) is 11.8 Å². The van der Waals surface area contributed by atoms with Gasteiger partial charge in [-0.3, -0.25) is 9.59 Å². The summed E-state index contributed by atoms with van der Waals surface area (Å²) >= 11 is 0. The van der Waals surface area contributed by atoms with Crippen LogP contribution in [0.5, 0.6) is 5.75 Å². The molecule has 3 aromatic rings. The van der Waals surface area contributed by atoms with Crippen molar-refractivity contribution in [3.63, 3.8) is 0 Å². The van der Waals surface area contributed by atoms with Gasteiger partial charge in [0.1, 0.15) is 5.75 Å². The van der Waals surface area contributed by atoms with E-state index in [9.17, 15) is 9.59 Å². The zero-order chi connectivity index (χ0) is 22.8. The Morgan fingerprint density at radius 1 is 0.697 bits per heavy atom. The zero-order valence-corrected chi connectivity index (χ0v) is 18.6. The molecule has 1 heterocycles. The first kappa shape index (κ1) is 21.2. The Labute approximate surface area is 194 Å². The van der Waals surface area contributed by atoms with Crippen molar-refractivity contribution in [1.29, 1.82) is 0 Å². The number of benzene rings is 3. The number of carbonyl (C=O) groups is 2. The third kappa shape index (κ3) is 3.76. The van der Waals surface area contributed by atoms with E-state index >= 15 is 0 Å². The largest absolute Gasteiger partial charge is 0.491 e. The van der Waals surface area contributed by atoms with Crippen LogP contribution in [0, 0.1) is 11.8 Å². The number of carbonyl (C=O) groups excluding carboxylic acids is 2. The third-order valence-corrected chi connectivity index (χ3v) is 6.63. The Morgan fingerprint density at radius 3 is 1.70 bits per heavy atom. The minimum atomic E-state index is -0.464. The van der Waals surface area contributed by atoms with Gasteiger partial charge in [-0.15, -0.1) is 0 Å². The van der Waals surface area contributed by atoms with Crippen molar-refractivity contribution in [2.24, 2.45) is 11.8 Å². The van der Waals surface area contributed by atoms with Gasteiger partial charge in [-0.2, -0.15) is 0 Å². The Morgan fingerprint density at radius 2 is 1.18 bits per heavy atom. The molecular formula is C29H27NO3. The highest BCUT2D eigenvalue weighted by molar-refractivity contribution is 6.23. The minimum Gasteiger partial charge on any atom is -0.491 e. The normalized spacial score (nSPS) is 24.1. The minimum absolute atomic E-state index is 0.152. The summed E-state index contributed by atoms with van der Waals surface area (Å²) in [6, 6.07) is 27.3. The zero-order valence-electron chi connectivity index (χ0n) is 18.6. The maximum Gasteiger partial charge on any atom is 0.238 e. The van der Waals surface area contributed by atoms with Crippen LogP contribution in [-0.2, 0) is 9.59 Å². The highest BCUT2D eigenvalue weighted by atomic mass is 16.5. The van der Waals surface area contributed by atoms with Crippen LogP contribution in [0.3, 0.4) is 0 Å². The van der Waals surface area contributed by atoms with Crippen molar-refractivity contribution >= 4 is 17.5 Å². The summed E-state index contributed by atoms with van der Waals surface area (Å²) in [7, 11) is 0. The molecule has 3 aromatic carbocycles. The molecule has 1 aliphatic heterocycles. The van der Waals surface area contributed by atoms with Gasteiger partial charge in [0.05, 0.1) is 24.1 Å². The average molecular weight is 438 g/mol. The fraction of sp³-hybridized carbons (Fsp3) is 0.241. The SMILES string of the molecule is CCCOc1ccccc1N1C(=O)[C@H]2[C@H](C1=O)[C@H](c1ccccc1)C=C[C@H]2c1ccccc1. The van der Waals surface area contributed by atoms with E-state index in [2.05, 4.69) is 12.2 Å².